The molecule has 5 heteroatoms. The van der Waals surface area contributed by atoms with Gasteiger partial charge < -0.3 is 10.2 Å². The molecule has 1 aliphatic heterocycles. The van der Waals surface area contributed by atoms with E-state index in [1.54, 1.807) is 0 Å². The summed E-state index contributed by atoms with van der Waals surface area (Å²) in [4.78, 5) is 15.1. The fourth-order valence-electron chi connectivity index (χ4n) is 4.62. The van der Waals surface area contributed by atoms with E-state index in [1.165, 1.54) is 31.2 Å². The predicted molar refractivity (Wildman–Crippen MR) is 130 cm³/mol. The Hall–Kier alpha value is -2.92. The Morgan fingerprint density at radius 1 is 1.00 bits per heavy atom. The maximum absolute atomic E-state index is 12.7. The van der Waals surface area contributed by atoms with E-state index in [-0.39, 0.29) is 5.91 Å². The van der Waals surface area contributed by atoms with Gasteiger partial charge in [0.05, 0.1) is 22.8 Å². The standard InChI is InChI=1S/C27H34N4O/c1-21-27(22(2)31(29-21)25-11-7-4-8-12-25)28-26(32)17-20-30-18-15-24(16-19-30)14-13-23-9-5-3-6-10-23/h3-12,24H,13-20H2,1-2H3,(H,28,32). The SMILES string of the molecule is Cc1nn(-c2ccccc2)c(C)c1NC(=O)CCN1CCC(CCc2ccccc2)CC1. The molecule has 3 aromatic rings. The summed E-state index contributed by atoms with van der Waals surface area (Å²) in [5.41, 5.74) is 5.08. The van der Waals surface area contributed by atoms with E-state index < -0.39 is 0 Å². The Morgan fingerprint density at radius 2 is 1.66 bits per heavy atom. The second kappa shape index (κ2) is 10.6. The summed E-state index contributed by atoms with van der Waals surface area (Å²) in [5.74, 6) is 0.865. The zero-order chi connectivity index (χ0) is 22.3. The summed E-state index contributed by atoms with van der Waals surface area (Å²) in [6, 6.07) is 20.8. The number of anilines is 1. The lowest BCUT2D eigenvalue weighted by atomic mass is 9.90. The number of aromatic nitrogens is 2. The Labute approximate surface area is 191 Å². The quantitative estimate of drug-likeness (QED) is 0.537. The molecule has 2 aromatic carbocycles. The van der Waals surface area contributed by atoms with Gasteiger partial charge >= 0.3 is 0 Å². The molecule has 168 valence electrons. The summed E-state index contributed by atoms with van der Waals surface area (Å²) < 4.78 is 1.89. The fourth-order valence-corrected chi connectivity index (χ4v) is 4.62. The number of para-hydroxylation sites is 1. The zero-order valence-electron chi connectivity index (χ0n) is 19.3. The molecule has 0 unspecified atom stereocenters. The minimum absolute atomic E-state index is 0.0648. The number of benzene rings is 2. The summed E-state index contributed by atoms with van der Waals surface area (Å²) in [6.07, 6.45) is 5.42. The molecule has 0 atom stereocenters. The third-order valence-electron chi connectivity index (χ3n) is 6.60. The van der Waals surface area contributed by atoms with Crippen LogP contribution in [0.1, 0.15) is 42.6 Å². The number of carbonyl (C=O) groups excluding carboxylic acids is 1. The van der Waals surface area contributed by atoms with E-state index in [9.17, 15) is 4.79 Å². The fraction of sp³-hybridized carbons (Fsp3) is 0.407. The van der Waals surface area contributed by atoms with Crippen LogP contribution in [0.2, 0.25) is 0 Å². The highest BCUT2D eigenvalue weighted by molar-refractivity contribution is 5.92. The van der Waals surface area contributed by atoms with Gasteiger partial charge in [-0.25, -0.2) is 4.68 Å². The van der Waals surface area contributed by atoms with Gasteiger partial charge in [-0.3, -0.25) is 4.79 Å². The van der Waals surface area contributed by atoms with Crippen molar-refractivity contribution in [1.82, 2.24) is 14.7 Å². The van der Waals surface area contributed by atoms with Gasteiger partial charge in [-0.1, -0.05) is 48.5 Å². The number of hydrogen-bond donors (Lipinski definition) is 1. The van der Waals surface area contributed by atoms with E-state index in [0.717, 1.165) is 48.3 Å². The molecule has 0 radical (unpaired) electrons. The summed E-state index contributed by atoms with van der Waals surface area (Å²) in [6.45, 7) is 6.96. The lowest BCUT2D eigenvalue weighted by molar-refractivity contribution is -0.116. The molecule has 0 spiro atoms. The molecule has 0 bridgehead atoms. The molecule has 32 heavy (non-hydrogen) atoms. The van der Waals surface area contributed by atoms with Crippen LogP contribution in [0.3, 0.4) is 0 Å². The summed E-state index contributed by atoms with van der Waals surface area (Å²) in [7, 11) is 0. The predicted octanol–water partition coefficient (Wildman–Crippen LogP) is 5.16. The highest BCUT2D eigenvalue weighted by Crippen LogP contribution is 2.24. The van der Waals surface area contributed by atoms with Crippen molar-refractivity contribution in [3.63, 3.8) is 0 Å². The van der Waals surface area contributed by atoms with Gasteiger partial charge in [-0.15, -0.1) is 0 Å². The van der Waals surface area contributed by atoms with Crippen LogP contribution >= 0.6 is 0 Å². The molecule has 4 rings (SSSR count). The molecule has 1 fully saturated rings. The number of aryl methyl sites for hydroxylation is 2. The number of piperidine rings is 1. The van der Waals surface area contributed by atoms with Crippen molar-refractivity contribution in [2.24, 2.45) is 5.92 Å². The minimum atomic E-state index is 0.0648. The molecule has 1 N–H and O–H groups in total. The van der Waals surface area contributed by atoms with Crippen molar-refractivity contribution in [1.29, 1.82) is 0 Å². The van der Waals surface area contributed by atoms with Crippen molar-refractivity contribution in [2.75, 3.05) is 25.0 Å². The molecule has 1 saturated heterocycles. The molecule has 0 aliphatic carbocycles. The van der Waals surface area contributed by atoms with Crippen molar-refractivity contribution >= 4 is 11.6 Å². The largest absolute Gasteiger partial charge is 0.323 e. The van der Waals surface area contributed by atoms with Crippen LogP contribution in [-0.4, -0.2) is 40.2 Å². The van der Waals surface area contributed by atoms with Crippen molar-refractivity contribution in [3.05, 3.63) is 77.6 Å². The maximum atomic E-state index is 12.7. The number of nitrogens with zero attached hydrogens (tertiary/aromatic N) is 3. The van der Waals surface area contributed by atoms with E-state index >= 15 is 0 Å². The van der Waals surface area contributed by atoms with Gasteiger partial charge in [-0.2, -0.15) is 5.10 Å². The second-order valence-corrected chi connectivity index (χ2v) is 8.90. The van der Waals surface area contributed by atoms with E-state index in [0.29, 0.717) is 6.42 Å². The monoisotopic (exact) mass is 430 g/mol. The van der Waals surface area contributed by atoms with Crippen molar-refractivity contribution in [2.45, 2.75) is 46.0 Å². The second-order valence-electron chi connectivity index (χ2n) is 8.90. The normalized spacial score (nSPS) is 15.1. The Kier molecular flexibility index (Phi) is 7.38. The maximum Gasteiger partial charge on any atom is 0.225 e. The Balaban J connectivity index is 1.22. The van der Waals surface area contributed by atoms with Crippen LogP contribution < -0.4 is 5.32 Å². The lowest BCUT2D eigenvalue weighted by Crippen LogP contribution is -2.36. The number of nitrogens with one attached hydrogen (secondary N) is 1. The first-order valence-corrected chi connectivity index (χ1v) is 11.8. The van der Waals surface area contributed by atoms with Crippen LogP contribution in [0.4, 0.5) is 5.69 Å². The third-order valence-corrected chi connectivity index (χ3v) is 6.60. The number of amides is 1. The van der Waals surface area contributed by atoms with Gasteiger partial charge in [0.25, 0.3) is 0 Å². The Bertz CT molecular complexity index is 1000. The first-order valence-electron chi connectivity index (χ1n) is 11.8. The molecule has 1 amide bonds. The van der Waals surface area contributed by atoms with Gasteiger partial charge in [0, 0.05) is 13.0 Å². The molecule has 1 aliphatic rings. The van der Waals surface area contributed by atoms with Crippen molar-refractivity contribution in [3.8, 4) is 5.69 Å². The highest BCUT2D eigenvalue weighted by atomic mass is 16.1. The first kappa shape index (κ1) is 22.3. The summed E-state index contributed by atoms with van der Waals surface area (Å²) in [5, 5.41) is 7.73. The van der Waals surface area contributed by atoms with Gasteiger partial charge in [0.15, 0.2) is 0 Å². The highest BCUT2D eigenvalue weighted by Gasteiger charge is 2.20. The topological polar surface area (TPSA) is 50.2 Å². The number of likely N-dealkylation sites (tertiary alicyclic amines) is 1. The molecule has 2 heterocycles. The molecule has 1 aromatic heterocycles. The van der Waals surface area contributed by atoms with E-state index in [1.807, 2.05) is 48.9 Å². The van der Waals surface area contributed by atoms with Gasteiger partial charge in [0.2, 0.25) is 5.91 Å². The number of rotatable bonds is 8. The number of hydrogen-bond acceptors (Lipinski definition) is 3. The summed E-state index contributed by atoms with van der Waals surface area (Å²) >= 11 is 0. The van der Waals surface area contributed by atoms with Crippen LogP contribution in [0, 0.1) is 19.8 Å². The van der Waals surface area contributed by atoms with E-state index in [2.05, 4.69) is 45.6 Å². The van der Waals surface area contributed by atoms with Crippen LogP contribution in [0.15, 0.2) is 60.7 Å². The smallest absolute Gasteiger partial charge is 0.225 e. The molecule has 5 nitrogen and oxygen atoms in total. The van der Waals surface area contributed by atoms with Gasteiger partial charge in [0.1, 0.15) is 0 Å². The average molecular weight is 431 g/mol. The van der Waals surface area contributed by atoms with E-state index in [4.69, 9.17) is 0 Å². The average Bonchev–Trinajstić information content (AvgIpc) is 3.11. The molecular formula is C27H34N4O. The molecular weight excluding hydrogens is 396 g/mol. The molecule has 0 saturated carbocycles. The van der Waals surface area contributed by atoms with Crippen LogP contribution in [0.5, 0.6) is 0 Å². The first-order chi connectivity index (χ1) is 15.6. The lowest BCUT2D eigenvalue weighted by Gasteiger charge is -2.31. The van der Waals surface area contributed by atoms with Crippen LogP contribution in [0.25, 0.3) is 5.69 Å². The minimum Gasteiger partial charge on any atom is -0.323 e. The Morgan fingerprint density at radius 3 is 2.34 bits per heavy atom. The van der Waals surface area contributed by atoms with Gasteiger partial charge in [-0.05, 0) is 76.2 Å². The van der Waals surface area contributed by atoms with Crippen LogP contribution in [-0.2, 0) is 11.2 Å². The third kappa shape index (κ3) is 5.65. The van der Waals surface area contributed by atoms with Crippen molar-refractivity contribution < 1.29 is 4.79 Å². The number of carbonyl (C=O) groups is 1. The zero-order valence-corrected chi connectivity index (χ0v) is 19.3.